The highest BCUT2D eigenvalue weighted by atomic mass is 35.5. The monoisotopic (exact) mass is 289 g/mol. The average molecular weight is 290 g/mol. The van der Waals surface area contributed by atoms with E-state index in [2.05, 4.69) is 4.98 Å². The van der Waals surface area contributed by atoms with Crippen LogP contribution in [0.2, 0.25) is 10.0 Å². The Balaban J connectivity index is 2.33. The van der Waals surface area contributed by atoms with E-state index >= 15 is 0 Å². The summed E-state index contributed by atoms with van der Waals surface area (Å²) in [4.78, 5) is 4.22. The number of halogens is 2. The van der Waals surface area contributed by atoms with Gasteiger partial charge in [0, 0.05) is 35.0 Å². The van der Waals surface area contributed by atoms with E-state index in [1.807, 2.05) is 24.3 Å². The lowest BCUT2D eigenvalue weighted by molar-refractivity contribution is 0.475. The van der Waals surface area contributed by atoms with Gasteiger partial charge in [-0.2, -0.15) is 0 Å². The van der Waals surface area contributed by atoms with Crippen molar-refractivity contribution in [3.05, 3.63) is 58.8 Å². The SMILES string of the molecule is Oc1cc(Cl)c(-c2cncc3ccccc23)cc1Cl. The van der Waals surface area contributed by atoms with Gasteiger partial charge in [-0.1, -0.05) is 47.5 Å². The van der Waals surface area contributed by atoms with Crippen LogP contribution in [0.4, 0.5) is 0 Å². The molecule has 0 amide bonds. The summed E-state index contributed by atoms with van der Waals surface area (Å²) in [5, 5.41) is 12.3. The first kappa shape index (κ1) is 12.3. The van der Waals surface area contributed by atoms with Gasteiger partial charge in [-0.05, 0) is 11.5 Å². The second-order valence-electron chi connectivity index (χ2n) is 4.19. The van der Waals surface area contributed by atoms with Crippen LogP contribution in [-0.2, 0) is 0 Å². The molecule has 4 heteroatoms. The van der Waals surface area contributed by atoms with Gasteiger partial charge in [0.1, 0.15) is 5.75 Å². The van der Waals surface area contributed by atoms with E-state index in [-0.39, 0.29) is 10.8 Å². The summed E-state index contributed by atoms with van der Waals surface area (Å²) in [7, 11) is 0. The lowest BCUT2D eigenvalue weighted by Crippen LogP contribution is -1.85. The van der Waals surface area contributed by atoms with Crippen molar-refractivity contribution in [2.24, 2.45) is 0 Å². The predicted octanol–water partition coefficient (Wildman–Crippen LogP) is 4.91. The van der Waals surface area contributed by atoms with Crippen molar-refractivity contribution < 1.29 is 5.11 Å². The van der Waals surface area contributed by atoms with Crippen molar-refractivity contribution in [1.82, 2.24) is 4.98 Å². The van der Waals surface area contributed by atoms with Crippen molar-refractivity contribution in [2.75, 3.05) is 0 Å². The number of pyridine rings is 1. The maximum absolute atomic E-state index is 9.55. The minimum Gasteiger partial charge on any atom is -0.506 e. The van der Waals surface area contributed by atoms with E-state index < -0.39 is 0 Å². The largest absolute Gasteiger partial charge is 0.506 e. The van der Waals surface area contributed by atoms with Gasteiger partial charge in [0.25, 0.3) is 0 Å². The minimum atomic E-state index is -0.0244. The predicted molar refractivity (Wildman–Crippen MR) is 78.9 cm³/mol. The van der Waals surface area contributed by atoms with Crippen molar-refractivity contribution in [3.8, 4) is 16.9 Å². The van der Waals surface area contributed by atoms with E-state index in [9.17, 15) is 5.11 Å². The van der Waals surface area contributed by atoms with E-state index in [0.717, 1.165) is 21.9 Å². The van der Waals surface area contributed by atoms with Gasteiger partial charge < -0.3 is 5.11 Å². The van der Waals surface area contributed by atoms with Crippen molar-refractivity contribution in [2.45, 2.75) is 0 Å². The Kier molecular flexibility index (Phi) is 3.05. The van der Waals surface area contributed by atoms with Crippen LogP contribution in [-0.4, -0.2) is 10.1 Å². The number of aromatic nitrogens is 1. The zero-order chi connectivity index (χ0) is 13.4. The zero-order valence-electron chi connectivity index (χ0n) is 9.77. The fraction of sp³-hybridized carbons (Fsp3) is 0. The topological polar surface area (TPSA) is 33.1 Å². The standard InChI is InChI=1S/C15H9Cl2NO/c16-13-6-15(19)14(17)5-11(13)12-8-18-7-9-3-1-2-4-10(9)12/h1-8,19H. The third-order valence-electron chi connectivity index (χ3n) is 2.99. The Bertz CT molecular complexity index is 766. The molecule has 2 aromatic carbocycles. The molecule has 0 saturated carbocycles. The number of nitrogens with zero attached hydrogens (tertiary/aromatic N) is 1. The lowest BCUT2D eigenvalue weighted by atomic mass is 10.0. The smallest absolute Gasteiger partial charge is 0.135 e. The van der Waals surface area contributed by atoms with Crippen LogP contribution in [0.15, 0.2) is 48.8 Å². The van der Waals surface area contributed by atoms with Gasteiger partial charge in [-0.15, -0.1) is 0 Å². The molecule has 0 fully saturated rings. The molecule has 0 saturated heterocycles. The first-order chi connectivity index (χ1) is 9.16. The summed E-state index contributed by atoms with van der Waals surface area (Å²) >= 11 is 12.1. The van der Waals surface area contributed by atoms with E-state index in [4.69, 9.17) is 23.2 Å². The quantitative estimate of drug-likeness (QED) is 0.690. The molecule has 0 aliphatic heterocycles. The Morgan fingerprint density at radius 2 is 1.68 bits per heavy atom. The molecule has 0 bridgehead atoms. The number of phenols is 1. The second-order valence-corrected chi connectivity index (χ2v) is 5.01. The van der Waals surface area contributed by atoms with Crippen LogP contribution < -0.4 is 0 Å². The molecular weight excluding hydrogens is 281 g/mol. The number of rotatable bonds is 1. The summed E-state index contributed by atoms with van der Waals surface area (Å²) in [5.74, 6) is -0.0244. The summed E-state index contributed by atoms with van der Waals surface area (Å²) in [6.07, 6.45) is 3.55. The van der Waals surface area contributed by atoms with Gasteiger partial charge in [0.15, 0.2) is 0 Å². The van der Waals surface area contributed by atoms with Gasteiger partial charge in [0.2, 0.25) is 0 Å². The Morgan fingerprint density at radius 1 is 0.895 bits per heavy atom. The first-order valence-electron chi connectivity index (χ1n) is 5.68. The van der Waals surface area contributed by atoms with E-state index in [0.29, 0.717) is 5.02 Å². The summed E-state index contributed by atoms with van der Waals surface area (Å²) in [6.45, 7) is 0. The molecule has 0 atom stereocenters. The number of benzene rings is 2. The maximum atomic E-state index is 9.55. The van der Waals surface area contributed by atoms with E-state index in [1.54, 1.807) is 18.5 Å². The first-order valence-corrected chi connectivity index (χ1v) is 6.43. The number of hydrogen-bond acceptors (Lipinski definition) is 2. The normalized spacial score (nSPS) is 10.8. The molecule has 1 aromatic heterocycles. The summed E-state index contributed by atoms with van der Waals surface area (Å²) < 4.78 is 0. The highest BCUT2D eigenvalue weighted by Gasteiger charge is 2.11. The van der Waals surface area contributed by atoms with Gasteiger partial charge in [0.05, 0.1) is 10.0 Å². The molecule has 0 aliphatic carbocycles. The molecule has 2 nitrogen and oxygen atoms in total. The molecule has 1 heterocycles. The fourth-order valence-electron chi connectivity index (χ4n) is 2.07. The van der Waals surface area contributed by atoms with Crippen LogP contribution in [0.3, 0.4) is 0 Å². The lowest BCUT2D eigenvalue weighted by Gasteiger charge is -2.09. The van der Waals surface area contributed by atoms with E-state index in [1.165, 1.54) is 6.07 Å². The number of hydrogen-bond donors (Lipinski definition) is 1. The van der Waals surface area contributed by atoms with Gasteiger partial charge >= 0.3 is 0 Å². The maximum Gasteiger partial charge on any atom is 0.135 e. The molecule has 0 aliphatic rings. The molecule has 0 radical (unpaired) electrons. The highest BCUT2D eigenvalue weighted by molar-refractivity contribution is 6.36. The average Bonchev–Trinajstić information content (AvgIpc) is 2.42. The fourth-order valence-corrected chi connectivity index (χ4v) is 2.50. The molecule has 0 spiro atoms. The van der Waals surface area contributed by atoms with Crippen LogP contribution in [0.25, 0.3) is 21.9 Å². The Hall–Kier alpha value is -1.77. The van der Waals surface area contributed by atoms with Crippen molar-refractivity contribution in [1.29, 1.82) is 0 Å². The Labute approximate surface area is 120 Å². The molecule has 94 valence electrons. The van der Waals surface area contributed by atoms with Crippen molar-refractivity contribution in [3.63, 3.8) is 0 Å². The van der Waals surface area contributed by atoms with Crippen LogP contribution in [0, 0.1) is 0 Å². The third kappa shape index (κ3) is 2.14. The number of fused-ring (bicyclic) bond motifs is 1. The number of aromatic hydroxyl groups is 1. The zero-order valence-corrected chi connectivity index (χ0v) is 11.3. The molecular formula is C15H9Cl2NO. The minimum absolute atomic E-state index is 0.0244. The van der Waals surface area contributed by atoms with Gasteiger partial charge in [-0.3, -0.25) is 4.98 Å². The third-order valence-corrected chi connectivity index (χ3v) is 3.61. The number of phenolic OH excluding ortho intramolecular Hbond substituents is 1. The summed E-state index contributed by atoms with van der Waals surface area (Å²) in [6, 6.07) is 11.0. The Morgan fingerprint density at radius 3 is 2.53 bits per heavy atom. The van der Waals surface area contributed by atoms with Crippen LogP contribution in [0.1, 0.15) is 0 Å². The van der Waals surface area contributed by atoms with Crippen LogP contribution in [0.5, 0.6) is 5.75 Å². The molecule has 19 heavy (non-hydrogen) atoms. The van der Waals surface area contributed by atoms with Crippen molar-refractivity contribution >= 4 is 34.0 Å². The summed E-state index contributed by atoms with van der Waals surface area (Å²) in [5.41, 5.74) is 1.65. The van der Waals surface area contributed by atoms with Crippen LogP contribution >= 0.6 is 23.2 Å². The molecule has 3 aromatic rings. The molecule has 0 unspecified atom stereocenters. The highest BCUT2D eigenvalue weighted by Crippen LogP contribution is 2.38. The second kappa shape index (κ2) is 4.72. The van der Waals surface area contributed by atoms with Gasteiger partial charge in [-0.25, -0.2) is 0 Å². The molecule has 1 N–H and O–H groups in total. The molecule has 3 rings (SSSR count).